The molecule has 1 saturated carbocycles. The molecule has 2 rings (SSSR count). The Bertz CT molecular complexity index is 290. The van der Waals surface area contributed by atoms with Crippen molar-refractivity contribution in [2.75, 3.05) is 6.54 Å². The van der Waals surface area contributed by atoms with Gasteiger partial charge in [0.15, 0.2) is 0 Å². The summed E-state index contributed by atoms with van der Waals surface area (Å²) in [6, 6.07) is 0.940. The molecule has 2 N–H and O–H groups in total. The first kappa shape index (κ1) is 17.8. The number of carbonyl (C=O) groups excluding carboxylic acids is 1. The third kappa shape index (κ3) is 5.25. The van der Waals surface area contributed by atoms with Crippen LogP contribution >= 0.6 is 12.4 Å². The predicted molar refractivity (Wildman–Crippen MR) is 86.2 cm³/mol. The van der Waals surface area contributed by atoms with Crippen LogP contribution in [0.15, 0.2) is 0 Å². The molecule has 1 aliphatic heterocycles. The van der Waals surface area contributed by atoms with Gasteiger partial charge in [0, 0.05) is 18.0 Å². The summed E-state index contributed by atoms with van der Waals surface area (Å²) in [6.45, 7) is 5.43. The van der Waals surface area contributed by atoms with Crippen LogP contribution in [-0.4, -0.2) is 24.5 Å². The lowest BCUT2D eigenvalue weighted by molar-refractivity contribution is -0.127. The molecule has 1 saturated heterocycles. The fourth-order valence-corrected chi connectivity index (χ4v) is 3.69. The fraction of sp³-hybridized carbons (Fsp3) is 0.938. The van der Waals surface area contributed by atoms with Crippen molar-refractivity contribution in [1.29, 1.82) is 0 Å². The van der Waals surface area contributed by atoms with Crippen molar-refractivity contribution in [3.8, 4) is 0 Å². The second kappa shape index (κ2) is 8.89. The molecule has 0 radical (unpaired) electrons. The first-order chi connectivity index (χ1) is 9.19. The highest BCUT2D eigenvalue weighted by molar-refractivity contribution is 5.85. The van der Waals surface area contributed by atoms with Gasteiger partial charge in [-0.1, -0.05) is 19.8 Å². The smallest absolute Gasteiger partial charge is 0.223 e. The number of piperidine rings is 1. The van der Waals surface area contributed by atoms with Gasteiger partial charge in [-0.2, -0.15) is 0 Å². The Morgan fingerprint density at radius 1 is 1.20 bits per heavy atom. The van der Waals surface area contributed by atoms with E-state index in [1.165, 1.54) is 38.5 Å². The Morgan fingerprint density at radius 3 is 2.50 bits per heavy atom. The normalized spacial score (nSPS) is 34.1. The molecule has 1 aliphatic carbocycles. The number of amides is 1. The summed E-state index contributed by atoms with van der Waals surface area (Å²) in [5.74, 6) is 1.47. The maximum Gasteiger partial charge on any atom is 0.223 e. The van der Waals surface area contributed by atoms with Gasteiger partial charge in [-0.25, -0.2) is 0 Å². The average Bonchev–Trinajstić information content (AvgIpc) is 2.41. The lowest BCUT2D eigenvalue weighted by atomic mass is 9.83. The SMILES string of the molecule is CCCC1CCC(NC(=O)[C@H]2CCN[C@@H](C)C2)CC1.Cl. The summed E-state index contributed by atoms with van der Waals surface area (Å²) in [5.41, 5.74) is 0. The van der Waals surface area contributed by atoms with E-state index >= 15 is 0 Å². The van der Waals surface area contributed by atoms with Crippen LogP contribution in [0.1, 0.15) is 65.2 Å². The van der Waals surface area contributed by atoms with E-state index in [-0.39, 0.29) is 18.3 Å². The summed E-state index contributed by atoms with van der Waals surface area (Å²) >= 11 is 0. The minimum Gasteiger partial charge on any atom is -0.353 e. The van der Waals surface area contributed by atoms with Crippen molar-refractivity contribution < 1.29 is 4.79 Å². The van der Waals surface area contributed by atoms with Gasteiger partial charge in [0.25, 0.3) is 0 Å². The summed E-state index contributed by atoms with van der Waals surface area (Å²) < 4.78 is 0. The van der Waals surface area contributed by atoms with Crippen molar-refractivity contribution in [2.24, 2.45) is 11.8 Å². The van der Waals surface area contributed by atoms with E-state index in [9.17, 15) is 4.79 Å². The van der Waals surface area contributed by atoms with Crippen LogP contribution in [-0.2, 0) is 4.79 Å². The molecule has 1 amide bonds. The van der Waals surface area contributed by atoms with Gasteiger partial charge >= 0.3 is 0 Å². The van der Waals surface area contributed by atoms with E-state index in [0.717, 1.165) is 25.3 Å². The van der Waals surface area contributed by atoms with Gasteiger partial charge in [0.1, 0.15) is 0 Å². The Balaban J connectivity index is 0.00000200. The van der Waals surface area contributed by atoms with E-state index in [0.29, 0.717) is 18.0 Å². The molecule has 3 nitrogen and oxygen atoms in total. The molecular formula is C16H31ClN2O. The molecule has 2 atom stereocenters. The summed E-state index contributed by atoms with van der Waals surface area (Å²) in [7, 11) is 0. The molecule has 0 aromatic rings. The maximum atomic E-state index is 12.3. The quantitative estimate of drug-likeness (QED) is 0.837. The Labute approximate surface area is 130 Å². The summed E-state index contributed by atoms with van der Waals surface area (Å²) in [5, 5.41) is 6.72. The average molecular weight is 303 g/mol. The van der Waals surface area contributed by atoms with Crippen LogP contribution < -0.4 is 10.6 Å². The lowest BCUT2D eigenvalue weighted by Gasteiger charge is -2.32. The topological polar surface area (TPSA) is 41.1 Å². The van der Waals surface area contributed by atoms with Gasteiger partial charge in [-0.3, -0.25) is 4.79 Å². The van der Waals surface area contributed by atoms with Crippen LogP contribution in [0.25, 0.3) is 0 Å². The van der Waals surface area contributed by atoms with E-state index in [1.807, 2.05) is 0 Å². The number of hydrogen-bond acceptors (Lipinski definition) is 2. The number of hydrogen-bond donors (Lipinski definition) is 2. The molecule has 2 fully saturated rings. The molecule has 0 spiro atoms. The Morgan fingerprint density at radius 2 is 1.90 bits per heavy atom. The Kier molecular flexibility index (Phi) is 7.90. The summed E-state index contributed by atoms with van der Waals surface area (Å²) in [6.07, 6.45) is 9.66. The van der Waals surface area contributed by atoms with Gasteiger partial charge < -0.3 is 10.6 Å². The van der Waals surface area contributed by atoms with Crippen molar-refractivity contribution in [2.45, 2.75) is 77.3 Å². The molecule has 118 valence electrons. The molecule has 2 aliphatic rings. The first-order valence-electron chi connectivity index (χ1n) is 8.22. The largest absolute Gasteiger partial charge is 0.353 e. The third-order valence-electron chi connectivity index (χ3n) is 4.88. The highest BCUT2D eigenvalue weighted by Gasteiger charge is 2.28. The number of rotatable bonds is 4. The van der Waals surface area contributed by atoms with Crippen LogP contribution in [0.4, 0.5) is 0 Å². The predicted octanol–water partition coefficient (Wildman–Crippen LogP) is 3.27. The number of halogens is 1. The zero-order chi connectivity index (χ0) is 13.7. The van der Waals surface area contributed by atoms with Gasteiger partial charge in [0.05, 0.1) is 0 Å². The van der Waals surface area contributed by atoms with Gasteiger partial charge in [-0.05, 0) is 57.9 Å². The molecule has 0 bridgehead atoms. The monoisotopic (exact) mass is 302 g/mol. The molecular weight excluding hydrogens is 272 g/mol. The van der Waals surface area contributed by atoms with Crippen LogP contribution in [0, 0.1) is 11.8 Å². The van der Waals surface area contributed by atoms with Crippen molar-refractivity contribution in [1.82, 2.24) is 10.6 Å². The maximum absolute atomic E-state index is 12.3. The van der Waals surface area contributed by atoms with Gasteiger partial charge in [0.2, 0.25) is 5.91 Å². The second-order valence-corrected chi connectivity index (χ2v) is 6.59. The zero-order valence-electron chi connectivity index (χ0n) is 13.0. The van der Waals surface area contributed by atoms with Crippen molar-refractivity contribution in [3.63, 3.8) is 0 Å². The minimum absolute atomic E-state index is 0. The fourth-order valence-electron chi connectivity index (χ4n) is 3.69. The third-order valence-corrected chi connectivity index (χ3v) is 4.88. The van der Waals surface area contributed by atoms with Gasteiger partial charge in [-0.15, -0.1) is 12.4 Å². The highest BCUT2D eigenvalue weighted by Crippen LogP contribution is 2.28. The van der Waals surface area contributed by atoms with Crippen LogP contribution in [0.3, 0.4) is 0 Å². The first-order valence-corrected chi connectivity index (χ1v) is 8.22. The van der Waals surface area contributed by atoms with E-state index < -0.39 is 0 Å². The lowest BCUT2D eigenvalue weighted by Crippen LogP contribution is -2.46. The van der Waals surface area contributed by atoms with Crippen molar-refractivity contribution >= 4 is 18.3 Å². The second-order valence-electron chi connectivity index (χ2n) is 6.59. The number of carbonyl (C=O) groups is 1. The molecule has 20 heavy (non-hydrogen) atoms. The van der Waals surface area contributed by atoms with E-state index in [1.54, 1.807) is 0 Å². The molecule has 0 unspecified atom stereocenters. The number of nitrogens with one attached hydrogen (secondary N) is 2. The highest BCUT2D eigenvalue weighted by atomic mass is 35.5. The van der Waals surface area contributed by atoms with E-state index in [4.69, 9.17) is 0 Å². The summed E-state index contributed by atoms with van der Waals surface area (Å²) in [4.78, 5) is 12.3. The van der Waals surface area contributed by atoms with Crippen LogP contribution in [0.2, 0.25) is 0 Å². The molecule has 1 heterocycles. The molecule has 0 aromatic heterocycles. The zero-order valence-corrected chi connectivity index (χ0v) is 13.8. The molecule has 0 aromatic carbocycles. The molecule has 4 heteroatoms. The Hall–Kier alpha value is -0.280. The standard InChI is InChI=1S/C16H30N2O.ClH/c1-3-4-13-5-7-15(8-6-13)18-16(19)14-9-10-17-12(2)11-14;/h12-15,17H,3-11H2,1-2H3,(H,18,19);1H/t12-,13?,14-,15?;/m0./s1. The van der Waals surface area contributed by atoms with E-state index in [2.05, 4.69) is 24.5 Å². The van der Waals surface area contributed by atoms with Crippen molar-refractivity contribution in [3.05, 3.63) is 0 Å². The van der Waals surface area contributed by atoms with Crippen LogP contribution in [0.5, 0.6) is 0 Å². The minimum atomic E-state index is 0.